The summed E-state index contributed by atoms with van der Waals surface area (Å²) in [7, 11) is 0. The number of nitrogens with zero attached hydrogens (tertiary/aromatic N) is 1. The first-order valence-electron chi connectivity index (χ1n) is 5.56. The number of halogens is 2. The van der Waals surface area contributed by atoms with Crippen LogP contribution in [0.2, 0.25) is 0 Å². The number of piperidine rings is 1. The van der Waals surface area contributed by atoms with Crippen LogP contribution in [-0.2, 0) is 11.3 Å². The van der Waals surface area contributed by atoms with Gasteiger partial charge in [0.25, 0.3) is 0 Å². The summed E-state index contributed by atoms with van der Waals surface area (Å²) in [6, 6.07) is 2.88. The van der Waals surface area contributed by atoms with E-state index in [-0.39, 0.29) is 12.5 Å². The van der Waals surface area contributed by atoms with E-state index in [1.165, 1.54) is 17.0 Å². The van der Waals surface area contributed by atoms with Gasteiger partial charge in [0.15, 0.2) is 0 Å². The van der Waals surface area contributed by atoms with Crippen molar-refractivity contribution in [3.05, 3.63) is 35.4 Å². The molecule has 1 atom stereocenters. The highest BCUT2D eigenvalue weighted by Crippen LogP contribution is 2.16. The van der Waals surface area contributed by atoms with Crippen molar-refractivity contribution in [3.8, 4) is 0 Å². The summed E-state index contributed by atoms with van der Waals surface area (Å²) in [4.78, 5) is 13.2. The second-order valence-corrected chi connectivity index (χ2v) is 4.24. The quantitative estimate of drug-likeness (QED) is 0.849. The van der Waals surface area contributed by atoms with Crippen molar-refractivity contribution < 1.29 is 13.6 Å². The molecule has 0 bridgehead atoms. The topological polar surface area (TPSA) is 46.3 Å². The zero-order chi connectivity index (χ0) is 12.4. The van der Waals surface area contributed by atoms with E-state index in [2.05, 4.69) is 0 Å². The second-order valence-electron chi connectivity index (χ2n) is 4.24. The minimum Gasteiger partial charge on any atom is -0.337 e. The number of nitrogens with two attached hydrogens (primary N) is 1. The minimum atomic E-state index is -0.628. The lowest BCUT2D eigenvalue weighted by atomic mass is 10.0. The van der Waals surface area contributed by atoms with E-state index >= 15 is 0 Å². The molecule has 17 heavy (non-hydrogen) atoms. The highest BCUT2D eigenvalue weighted by molar-refractivity contribution is 5.82. The molecule has 0 spiro atoms. The summed E-state index contributed by atoms with van der Waals surface area (Å²) in [6.07, 6.45) is 1.48. The summed E-state index contributed by atoms with van der Waals surface area (Å²) < 4.78 is 26.1. The Bertz CT molecular complexity index is 437. The van der Waals surface area contributed by atoms with E-state index in [0.29, 0.717) is 18.5 Å². The molecular formula is C12H14F2N2O. The lowest BCUT2D eigenvalue weighted by Crippen LogP contribution is -2.47. The number of likely N-dealkylation sites (tertiary alicyclic amines) is 1. The van der Waals surface area contributed by atoms with Crippen LogP contribution in [-0.4, -0.2) is 23.4 Å². The minimum absolute atomic E-state index is 0.151. The van der Waals surface area contributed by atoms with Crippen molar-refractivity contribution in [2.24, 2.45) is 5.73 Å². The summed E-state index contributed by atoms with van der Waals surface area (Å²) in [6.45, 7) is 0.724. The molecule has 1 aromatic carbocycles. The second kappa shape index (κ2) is 4.79. The van der Waals surface area contributed by atoms with Gasteiger partial charge in [-0.05, 0) is 18.9 Å². The van der Waals surface area contributed by atoms with Gasteiger partial charge in [0.05, 0.1) is 6.04 Å². The van der Waals surface area contributed by atoms with Gasteiger partial charge in [0, 0.05) is 24.7 Å². The van der Waals surface area contributed by atoms with Gasteiger partial charge in [0.1, 0.15) is 11.6 Å². The van der Waals surface area contributed by atoms with Gasteiger partial charge in [-0.3, -0.25) is 4.79 Å². The molecule has 5 heteroatoms. The normalized spacial score (nSPS) is 20.8. The van der Waals surface area contributed by atoms with E-state index in [1.807, 2.05) is 0 Å². The van der Waals surface area contributed by atoms with Gasteiger partial charge >= 0.3 is 0 Å². The maximum atomic E-state index is 13.4. The average molecular weight is 240 g/mol. The Morgan fingerprint density at radius 2 is 2.18 bits per heavy atom. The number of carbonyl (C=O) groups is 1. The van der Waals surface area contributed by atoms with Crippen molar-refractivity contribution in [2.45, 2.75) is 25.4 Å². The van der Waals surface area contributed by atoms with E-state index in [4.69, 9.17) is 5.73 Å². The Balaban J connectivity index is 2.12. The third-order valence-electron chi connectivity index (χ3n) is 2.95. The fourth-order valence-electron chi connectivity index (χ4n) is 1.98. The van der Waals surface area contributed by atoms with Gasteiger partial charge in [-0.2, -0.15) is 0 Å². The number of benzene rings is 1. The van der Waals surface area contributed by atoms with Crippen molar-refractivity contribution in [1.82, 2.24) is 4.90 Å². The molecule has 1 aromatic rings. The van der Waals surface area contributed by atoms with Crippen LogP contribution in [0.4, 0.5) is 8.78 Å². The number of hydrogen-bond donors (Lipinski definition) is 1. The molecular weight excluding hydrogens is 226 g/mol. The molecule has 1 aliphatic rings. The number of rotatable bonds is 2. The first-order chi connectivity index (χ1) is 8.08. The van der Waals surface area contributed by atoms with E-state index < -0.39 is 17.7 Å². The highest BCUT2D eigenvalue weighted by atomic mass is 19.1. The SMILES string of the molecule is NC1CCCN(Cc2ccc(F)cc2F)C1=O. The lowest BCUT2D eigenvalue weighted by Gasteiger charge is -2.30. The van der Waals surface area contributed by atoms with Crippen molar-refractivity contribution in [3.63, 3.8) is 0 Å². The number of hydrogen-bond acceptors (Lipinski definition) is 2. The summed E-state index contributed by atoms with van der Waals surface area (Å²) in [5.41, 5.74) is 5.95. The molecule has 1 aliphatic heterocycles. The predicted octanol–water partition coefficient (Wildman–Crippen LogP) is 1.41. The molecule has 0 radical (unpaired) electrons. The Hall–Kier alpha value is -1.49. The third kappa shape index (κ3) is 2.61. The monoisotopic (exact) mass is 240 g/mol. The zero-order valence-corrected chi connectivity index (χ0v) is 9.33. The summed E-state index contributed by atoms with van der Waals surface area (Å²) >= 11 is 0. The molecule has 1 amide bonds. The van der Waals surface area contributed by atoms with Crippen LogP contribution in [0.1, 0.15) is 18.4 Å². The number of amides is 1. The van der Waals surface area contributed by atoms with Crippen LogP contribution in [0, 0.1) is 11.6 Å². The molecule has 0 aliphatic carbocycles. The molecule has 1 unspecified atom stereocenters. The fourth-order valence-corrected chi connectivity index (χ4v) is 1.98. The standard InChI is InChI=1S/C12H14F2N2O/c13-9-4-3-8(10(14)6-9)7-16-5-1-2-11(15)12(16)17/h3-4,6,11H,1-2,5,7,15H2. The molecule has 2 rings (SSSR count). The van der Waals surface area contributed by atoms with Gasteiger partial charge in [-0.25, -0.2) is 8.78 Å². The molecule has 0 saturated carbocycles. The highest BCUT2D eigenvalue weighted by Gasteiger charge is 2.26. The average Bonchev–Trinajstić information content (AvgIpc) is 2.28. The van der Waals surface area contributed by atoms with Crippen LogP contribution in [0.5, 0.6) is 0 Å². The molecule has 1 heterocycles. The zero-order valence-electron chi connectivity index (χ0n) is 9.33. The van der Waals surface area contributed by atoms with Gasteiger partial charge in [-0.1, -0.05) is 6.07 Å². The fraction of sp³-hybridized carbons (Fsp3) is 0.417. The van der Waals surface area contributed by atoms with E-state index in [9.17, 15) is 13.6 Å². The van der Waals surface area contributed by atoms with Crippen LogP contribution in [0.15, 0.2) is 18.2 Å². The predicted molar refractivity (Wildman–Crippen MR) is 59.0 cm³/mol. The van der Waals surface area contributed by atoms with Crippen molar-refractivity contribution in [2.75, 3.05) is 6.54 Å². The Labute approximate surface area is 98.2 Å². The molecule has 3 nitrogen and oxygen atoms in total. The summed E-state index contributed by atoms with van der Waals surface area (Å²) in [5.74, 6) is -1.41. The first-order valence-corrected chi connectivity index (χ1v) is 5.56. The maximum absolute atomic E-state index is 13.4. The van der Waals surface area contributed by atoms with Gasteiger partial charge in [0.2, 0.25) is 5.91 Å². The Morgan fingerprint density at radius 3 is 2.88 bits per heavy atom. The molecule has 1 saturated heterocycles. The van der Waals surface area contributed by atoms with Gasteiger partial charge in [-0.15, -0.1) is 0 Å². The molecule has 92 valence electrons. The number of carbonyl (C=O) groups excluding carboxylic acids is 1. The smallest absolute Gasteiger partial charge is 0.239 e. The van der Waals surface area contributed by atoms with Crippen LogP contribution < -0.4 is 5.73 Å². The molecule has 1 fully saturated rings. The maximum Gasteiger partial charge on any atom is 0.239 e. The van der Waals surface area contributed by atoms with Gasteiger partial charge < -0.3 is 10.6 Å². The van der Waals surface area contributed by atoms with E-state index in [0.717, 1.165) is 12.5 Å². The lowest BCUT2D eigenvalue weighted by molar-refractivity contribution is -0.135. The summed E-state index contributed by atoms with van der Waals surface area (Å²) in [5, 5.41) is 0. The molecule has 2 N–H and O–H groups in total. The van der Waals surface area contributed by atoms with Crippen LogP contribution >= 0.6 is 0 Å². The van der Waals surface area contributed by atoms with E-state index in [1.54, 1.807) is 0 Å². The van der Waals surface area contributed by atoms with Crippen molar-refractivity contribution in [1.29, 1.82) is 0 Å². The Morgan fingerprint density at radius 1 is 1.41 bits per heavy atom. The Kier molecular flexibility index (Phi) is 3.38. The van der Waals surface area contributed by atoms with Crippen LogP contribution in [0.3, 0.4) is 0 Å². The largest absolute Gasteiger partial charge is 0.337 e. The van der Waals surface area contributed by atoms with Crippen LogP contribution in [0.25, 0.3) is 0 Å². The van der Waals surface area contributed by atoms with Crippen molar-refractivity contribution >= 4 is 5.91 Å². The molecule has 0 aromatic heterocycles. The third-order valence-corrected chi connectivity index (χ3v) is 2.95. The first kappa shape index (κ1) is 12.0.